The summed E-state index contributed by atoms with van der Waals surface area (Å²) in [6.07, 6.45) is -3.51. The van der Waals surface area contributed by atoms with Gasteiger partial charge < -0.3 is 15.3 Å². The SMILES string of the molecule is CN1CCN(Cc2cc(NC3=CC(=O)N(CCO)C3=O)cc(C(F)(F)F)c2)CC1. The summed E-state index contributed by atoms with van der Waals surface area (Å²) in [5.74, 6) is -1.29. The van der Waals surface area contributed by atoms with Gasteiger partial charge in [0.15, 0.2) is 0 Å². The Hall–Kier alpha value is -2.43. The number of imide groups is 1. The first-order valence-electron chi connectivity index (χ1n) is 9.25. The molecule has 2 N–H and O–H groups in total. The maximum Gasteiger partial charge on any atom is 0.416 e. The summed E-state index contributed by atoms with van der Waals surface area (Å²) in [4.78, 5) is 29.2. The Balaban J connectivity index is 1.82. The Morgan fingerprint density at radius 2 is 1.79 bits per heavy atom. The van der Waals surface area contributed by atoms with Crippen LogP contribution in [0.4, 0.5) is 18.9 Å². The van der Waals surface area contributed by atoms with E-state index in [9.17, 15) is 22.8 Å². The first-order valence-corrected chi connectivity index (χ1v) is 9.25. The predicted molar refractivity (Wildman–Crippen MR) is 99.7 cm³/mol. The van der Waals surface area contributed by atoms with Crippen LogP contribution in [0.2, 0.25) is 0 Å². The van der Waals surface area contributed by atoms with Crippen molar-refractivity contribution in [2.45, 2.75) is 12.7 Å². The smallest absolute Gasteiger partial charge is 0.395 e. The van der Waals surface area contributed by atoms with Gasteiger partial charge in [0.1, 0.15) is 5.70 Å². The number of hydrogen-bond donors (Lipinski definition) is 2. The van der Waals surface area contributed by atoms with E-state index in [2.05, 4.69) is 15.1 Å². The van der Waals surface area contributed by atoms with Crippen molar-refractivity contribution < 1.29 is 27.9 Å². The Bertz CT molecular complexity index is 817. The van der Waals surface area contributed by atoms with Crippen molar-refractivity contribution in [1.29, 1.82) is 0 Å². The van der Waals surface area contributed by atoms with Gasteiger partial charge in [-0.3, -0.25) is 19.4 Å². The summed E-state index contributed by atoms with van der Waals surface area (Å²) in [6.45, 7) is 2.99. The van der Waals surface area contributed by atoms with E-state index < -0.39 is 30.2 Å². The molecular weight excluding hydrogens is 389 g/mol. The lowest BCUT2D eigenvalue weighted by molar-refractivity contribution is -0.138. The fourth-order valence-corrected chi connectivity index (χ4v) is 3.35. The zero-order valence-electron chi connectivity index (χ0n) is 16.0. The van der Waals surface area contributed by atoms with E-state index in [1.54, 1.807) is 6.07 Å². The molecule has 2 aliphatic rings. The van der Waals surface area contributed by atoms with Crippen molar-refractivity contribution in [3.63, 3.8) is 0 Å². The largest absolute Gasteiger partial charge is 0.416 e. The van der Waals surface area contributed by atoms with Crippen LogP contribution in [0, 0.1) is 0 Å². The number of aliphatic hydroxyl groups excluding tert-OH is 1. The number of piperazine rings is 1. The van der Waals surface area contributed by atoms with E-state index >= 15 is 0 Å². The lowest BCUT2D eigenvalue weighted by Gasteiger charge is -2.32. The second-order valence-corrected chi connectivity index (χ2v) is 7.20. The zero-order valence-corrected chi connectivity index (χ0v) is 16.0. The number of carbonyl (C=O) groups excluding carboxylic acids is 2. The number of amides is 2. The van der Waals surface area contributed by atoms with E-state index in [1.807, 2.05) is 7.05 Å². The monoisotopic (exact) mass is 412 g/mol. The highest BCUT2D eigenvalue weighted by Crippen LogP contribution is 2.33. The standard InChI is InChI=1S/C19H23F3N4O3/c1-24-2-4-25(5-3-24)12-13-8-14(19(20,21)22)10-15(9-13)23-16-11-17(28)26(6-7-27)18(16)29/h8-11,23,27H,2-7,12H2,1H3. The third-order valence-corrected chi connectivity index (χ3v) is 4.93. The minimum absolute atomic E-state index is 0.0854. The molecule has 0 spiro atoms. The van der Waals surface area contributed by atoms with E-state index in [0.29, 0.717) is 12.1 Å². The van der Waals surface area contributed by atoms with E-state index in [1.165, 1.54) is 0 Å². The van der Waals surface area contributed by atoms with Crippen molar-refractivity contribution >= 4 is 17.5 Å². The minimum atomic E-state index is -4.54. The van der Waals surface area contributed by atoms with Gasteiger partial charge in [0.2, 0.25) is 0 Å². The molecule has 0 radical (unpaired) electrons. The molecule has 0 aliphatic carbocycles. The van der Waals surface area contributed by atoms with Gasteiger partial charge in [0, 0.05) is 44.5 Å². The van der Waals surface area contributed by atoms with E-state index in [0.717, 1.165) is 49.3 Å². The first kappa shape index (κ1) is 21.3. The van der Waals surface area contributed by atoms with E-state index in [-0.39, 0.29) is 17.9 Å². The van der Waals surface area contributed by atoms with Crippen molar-refractivity contribution in [3.05, 3.63) is 41.1 Å². The van der Waals surface area contributed by atoms with Crippen LogP contribution in [0.15, 0.2) is 30.0 Å². The van der Waals surface area contributed by atoms with Gasteiger partial charge in [0.05, 0.1) is 18.7 Å². The molecule has 3 rings (SSSR count). The summed E-state index contributed by atoms with van der Waals surface area (Å²) in [5.41, 5.74) is -0.386. The molecule has 1 fully saturated rings. The van der Waals surface area contributed by atoms with Gasteiger partial charge in [0.25, 0.3) is 11.8 Å². The molecule has 0 aromatic heterocycles. The number of hydrogen-bond acceptors (Lipinski definition) is 6. The van der Waals surface area contributed by atoms with Crippen LogP contribution in [0.5, 0.6) is 0 Å². The Labute approximate surface area is 166 Å². The highest BCUT2D eigenvalue weighted by Gasteiger charge is 2.33. The number of alkyl halides is 3. The van der Waals surface area contributed by atoms with Crippen molar-refractivity contribution in [1.82, 2.24) is 14.7 Å². The number of rotatable bonds is 6. The van der Waals surface area contributed by atoms with Gasteiger partial charge in [-0.15, -0.1) is 0 Å². The normalized spacial score (nSPS) is 19.1. The van der Waals surface area contributed by atoms with Gasteiger partial charge in [-0.25, -0.2) is 0 Å². The molecule has 2 heterocycles. The minimum Gasteiger partial charge on any atom is -0.395 e. The second-order valence-electron chi connectivity index (χ2n) is 7.20. The van der Waals surface area contributed by atoms with Crippen molar-refractivity contribution in [3.8, 4) is 0 Å². The lowest BCUT2D eigenvalue weighted by atomic mass is 10.1. The molecule has 0 unspecified atom stereocenters. The fourth-order valence-electron chi connectivity index (χ4n) is 3.35. The lowest BCUT2D eigenvalue weighted by Crippen LogP contribution is -2.43. The van der Waals surface area contributed by atoms with Crippen LogP contribution in [-0.4, -0.2) is 78.0 Å². The van der Waals surface area contributed by atoms with Gasteiger partial charge in [-0.1, -0.05) is 0 Å². The second kappa shape index (κ2) is 8.52. The molecule has 0 bridgehead atoms. The van der Waals surface area contributed by atoms with Crippen molar-refractivity contribution in [2.75, 3.05) is 51.7 Å². The molecule has 1 aromatic carbocycles. The zero-order chi connectivity index (χ0) is 21.2. The number of halogens is 3. The van der Waals surface area contributed by atoms with Crippen LogP contribution in [0.3, 0.4) is 0 Å². The Morgan fingerprint density at radius 1 is 1.10 bits per heavy atom. The molecule has 0 saturated carbocycles. The topological polar surface area (TPSA) is 76.1 Å². The van der Waals surface area contributed by atoms with Crippen LogP contribution < -0.4 is 5.32 Å². The molecule has 2 amide bonds. The van der Waals surface area contributed by atoms with Gasteiger partial charge in [-0.05, 0) is 30.8 Å². The van der Waals surface area contributed by atoms with Crippen LogP contribution >= 0.6 is 0 Å². The first-order chi connectivity index (χ1) is 13.7. The summed E-state index contributed by atoms with van der Waals surface area (Å²) in [7, 11) is 2.00. The number of anilines is 1. The molecule has 158 valence electrons. The summed E-state index contributed by atoms with van der Waals surface area (Å²) in [6, 6.07) is 3.58. The summed E-state index contributed by atoms with van der Waals surface area (Å²) < 4.78 is 40.1. The molecule has 2 aliphatic heterocycles. The molecule has 1 saturated heterocycles. The Kier molecular flexibility index (Phi) is 6.25. The van der Waals surface area contributed by atoms with Crippen LogP contribution in [0.1, 0.15) is 11.1 Å². The number of carbonyl (C=O) groups is 2. The highest BCUT2D eigenvalue weighted by atomic mass is 19.4. The van der Waals surface area contributed by atoms with Crippen molar-refractivity contribution in [2.24, 2.45) is 0 Å². The number of β-amino-alcohol motifs (C(OH)–C–C–N with tert-alkyl or cyclic N) is 1. The predicted octanol–water partition coefficient (Wildman–Crippen LogP) is 1.11. The number of benzene rings is 1. The molecular formula is C19H23F3N4O3. The quantitative estimate of drug-likeness (QED) is 0.682. The maximum absolute atomic E-state index is 13.4. The molecule has 10 heteroatoms. The summed E-state index contributed by atoms with van der Waals surface area (Å²) in [5, 5.41) is 11.6. The highest BCUT2D eigenvalue weighted by molar-refractivity contribution is 6.17. The summed E-state index contributed by atoms with van der Waals surface area (Å²) >= 11 is 0. The Morgan fingerprint density at radius 3 is 2.41 bits per heavy atom. The molecule has 7 nitrogen and oxygen atoms in total. The van der Waals surface area contributed by atoms with Gasteiger partial charge >= 0.3 is 6.18 Å². The molecule has 29 heavy (non-hydrogen) atoms. The maximum atomic E-state index is 13.4. The number of nitrogens with one attached hydrogen (secondary N) is 1. The number of aliphatic hydroxyl groups is 1. The average Bonchev–Trinajstić information content (AvgIpc) is 2.90. The average molecular weight is 412 g/mol. The van der Waals surface area contributed by atoms with Crippen LogP contribution in [0.25, 0.3) is 0 Å². The third kappa shape index (κ3) is 5.14. The number of nitrogens with zero attached hydrogens (tertiary/aromatic N) is 3. The van der Waals surface area contributed by atoms with Crippen LogP contribution in [-0.2, 0) is 22.3 Å². The third-order valence-electron chi connectivity index (χ3n) is 4.93. The molecule has 0 atom stereocenters. The van der Waals surface area contributed by atoms with Gasteiger partial charge in [-0.2, -0.15) is 13.2 Å². The fraction of sp³-hybridized carbons (Fsp3) is 0.474. The molecule has 1 aromatic rings. The van der Waals surface area contributed by atoms with E-state index in [4.69, 9.17) is 5.11 Å². The number of likely N-dealkylation sites (N-methyl/N-ethyl adjacent to an activating group) is 1.